The van der Waals surface area contributed by atoms with Crippen molar-refractivity contribution in [3.8, 4) is 6.07 Å². The molecule has 0 spiro atoms. The molecule has 0 amide bonds. The van der Waals surface area contributed by atoms with Crippen molar-refractivity contribution in [2.45, 2.75) is 43.9 Å². The number of nitrogens with zero attached hydrogens (tertiary/aromatic N) is 2. The summed E-state index contributed by atoms with van der Waals surface area (Å²) in [6.45, 7) is 0.637. The molecule has 4 nitrogen and oxygen atoms in total. The fourth-order valence-corrected chi connectivity index (χ4v) is 5.70. The molecule has 0 aromatic heterocycles. The van der Waals surface area contributed by atoms with Crippen molar-refractivity contribution in [2.24, 2.45) is 5.92 Å². The van der Waals surface area contributed by atoms with Crippen LogP contribution in [0.1, 0.15) is 43.2 Å². The fourth-order valence-electron chi connectivity index (χ4n) is 3.79. The maximum atomic E-state index is 12.8. The first-order valence-electron chi connectivity index (χ1n) is 7.59. The van der Waals surface area contributed by atoms with Gasteiger partial charge in [0, 0.05) is 12.6 Å². The van der Waals surface area contributed by atoms with Crippen LogP contribution in [0.4, 0.5) is 0 Å². The molecule has 1 aromatic rings. The normalized spacial score (nSPS) is 26.2. The Kier molecular flexibility index (Phi) is 4.01. The van der Waals surface area contributed by atoms with Crippen molar-refractivity contribution in [1.29, 1.82) is 5.26 Å². The Hall–Kier alpha value is -1.38. The molecule has 0 bridgehead atoms. The van der Waals surface area contributed by atoms with E-state index in [-0.39, 0.29) is 11.8 Å². The van der Waals surface area contributed by atoms with Gasteiger partial charge < -0.3 is 0 Å². The molecule has 1 heterocycles. The quantitative estimate of drug-likeness (QED) is 0.862. The van der Waals surface area contributed by atoms with Gasteiger partial charge in [-0.15, -0.1) is 0 Å². The Balaban J connectivity index is 1.85. The van der Waals surface area contributed by atoms with Crippen LogP contribution >= 0.6 is 0 Å². The van der Waals surface area contributed by atoms with E-state index in [4.69, 9.17) is 5.26 Å². The fraction of sp³-hybridized carbons (Fsp3) is 0.562. The first-order chi connectivity index (χ1) is 10.1. The van der Waals surface area contributed by atoms with E-state index in [1.165, 1.54) is 0 Å². The molecule has 5 heteroatoms. The van der Waals surface area contributed by atoms with Gasteiger partial charge in [0.2, 0.25) is 10.0 Å². The SMILES string of the molecule is N#Cc1ccccc1CS(=O)(=O)N1CCCC2CCCC21. The zero-order valence-electron chi connectivity index (χ0n) is 12.0. The summed E-state index contributed by atoms with van der Waals surface area (Å²) in [5.41, 5.74) is 1.07. The van der Waals surface area contributed by atoms with Crippen molar-refractivity contribution >= 4 is 10.0 Å². The van der Waals surface area contributed by atoms with Gasteiger partial charge in [0.25, 0.3) is 0 Å². The largest absolute Gasteiger partial charge is 0.218 e. The highest BCUT2D eigenvalue weighted by Crippen LogP contribution is 2.38. The molecule has 2 atom stereocenters. The lowest BCUT2D eigenvalue weighted by atomic mass is 9.94. The molecule has 1 aliphatic heterocycles. The van der Waals surface area contributed by atoms with E-state index in [2.05, 4.69) is 6.07 Å². The van der Waals surface area contributed by atoms with Crippen molar-refractivity contribution in [1.82, 2.24) is 4.31 Å². The van der Waals surface area contributed by atoms with E-state index < -0.39 is 10.0 Å². The van der Waals surface area contributed by atoms with E-state index in [1.54, 1.807) is 28.6 Å². The lowest BCUT2D eigenvalue weighted by Gasteiger charge is -2.36. The number of hydrogen-bond acceptors (Lipinski definition) is 3. The summed E-state index contributed by atoms with van der Waals surface area (Å²) in [5, 5.41) is 9.12. The monoisotopic (exact) mass is 304 g/mol. The molecule has 1 aliphatic carbocycles. The Morgan fingerprint density at radius 2 is 1.95 bits per heavy atom. The predicted molar refractivity (Wildman–Crippen MR) is 80.8 cm³/mol. The smallest absolute Gasteiger partial charge is 0.212 e. The summed E-state index contributed by atoms with van der Waals surface area (Å²) in [7, 11) is -3.34. The zero-order valence-corrected chi connectivity index (χ0v) is 12.8. The van der Waals surface area contributed by atoms with Crippen molar-refractivity contribution in [2.75, 3.05) is 6.54 Å². The standard InChI is InChI=1S/C16H20N2O2S/c17-11-14-5-1-2-6-15(14)12-21(19,20)18-10-4-8-13-7-3-9-16(13)18/h1-2,5-6,13,16H,3-4,7-10,12H2. The summed E-state index contributed by atoms with van der Waals surface area (Å²) in [6.07, 6.45) is 5.40. The van der Waals surface area contributed by atoms with Crippen molar-refractivity contribution in [3.63, 3.8) is 0 Å². The van der Waals surface area contributed by atoms with Gasteiger partial charge >= 0.3 is 0 Å². The molecule has 1 aromatic carbocycles. The number of fused-ring (bicyclic) bond motifs is 1. The molecular formula is C16H20N2O2S. The predicted octanol–water partition coefficient (Wildman–Crippen LogP) is 2.65. The van der Waals surface area contributed by atoms with Crippen LogP contribution in [0.3, 0.4) is 0 Å². The average Bonchev–Trinajstić information content (AvgIpc) is 2.95. The summed E-state index contributed by atoms with van der Waals surface area (Å²) < 4.78 is 27.3. The van der Waals surface area contributed by atoms with Gasteiger partial charge in [0.05, 0.1) is 17.4 Å². The first kappa shape index (κ1) is 14.6. The molecule has 3 rings (SSSR count). The number of sulfonamides is 1. The minimum Gasteiger partial charge on any atom is -0.212 e. The third kappa shape index (κ3) is 2.83. The molecular weight excluding hydrogens is 284 g/mol. The lowest BCUT2D eigenvalue weighted by molar-refractivity contribution is 0.202. The summed E-state index contributed by atoms with van der Waals surface area (Å²) in [5.74, 6) is 0.486. The van der Waals surface area contributed by atoms with Gasteiger partial charge in [-0.2, -0.15) is 9.57 Å². The Bertz CT molecular complexity index is 663. The van der Waals surface area contributed by atoms with E-state index >= 15 is 0 Å². The van der Waals surface area contributed by atoms with E-state index in [9.17, 15) is 8.42 Å². The number of piperidine rings is 1. The van der Waals surface area contributed by atoms with E-state index in [0.717, 1.165) is 32.1 Å². The van der Waals surface area contributed by atoms with Gasteiger partial charge in [-0.05, 0) is 43.2 Å². The summed E-state index contributed by atoms with van der Waals surface area (Å²) >= 11 is 0. The van der Waals surface area contributed by atoms with Gasteiger partial charge in [-0.25, -0.2) is 8.42 Å². The van der Waals surface area contributed by atoms with Crippen molar-refractivity contribution < 1.29 is 8.42 Å². The van der Waals surface area contributed by atoms with Crippen LogP contribution in [0.25, 0.3) is 0 Å². The minimum atomic E-state index is -3.34. The highest BCUT2D eigenvalue weighted by atomic mass is 32.2. The van der Waals surface area contributed by atoms with Crippen LogP contribution in [0.15, 0.2) is 24.3 Å². The molecule has 0 radical (unpaired) electrons. The summed E-state index contributed by atoms with van der Waals surface area (Å²) in [4.78, 5) is 0. The Labute approximate surface area is 126 Å². The van der Waals surface area contributed by atoms with Crippen LogP contribution < -0.4 is 0 Å². The number of nitriles is 1. The molecule has 2 fully saturated rings. The summed E-state index contributed by atoms with van der Waals surface area (Å²) in [6, 6.07) is 9.26. The molecule has 0 N–H and O–H groups in total. The molecule has 2 aliphatic rings. The Morgan fingerprint density at radius 3 is 2.76 bits per heavy atom. The van der Waals surface area contributed by atoms with Crippen LogP contribution in [-0.4, -0.2) is 25.3 Å². The van der Waals surface area contributed by atoms with Crippen molar-refractivity contribution in [3.05, 3.63) is 35.4 Å². The maximum Gasteiger partial charge on any atom is 0.218 e. The third-order valence-corrected chi connectivity index (χ3v) is 6.62. The molecule has 2 unspecified atom stereocenters. The molecule has 1 saturated carbocycles. The lowest BCUT2D eigenvalue weighted by Crippen LogP contribution is -2.46. The van der Waals surface area contributed by atoms with E-state index in [0.29, 0.717) is 23.6 Å². The molecule has 21 heavy (non-hydrogen) atoms. The first-order valence-corrected chi connectivity index (χ1v) is 9.20. The second kappa shape index (κ2) is 5.78. The second-order valence-electron chi connectivity index (χ2n) is 6.04. The second-order valence-corrected chi connectivity index (χ2v) is 7.96. The zero-order chi connectivity index (χ0) is 14.9. The maximum absolute atomic E-state index is 12.8. The van der Waals surface area contributed by atoms with Crippen LogP contribution in [-0.2, 0) is 15.8 Å². The van der Waals surface area contributed by atoms with Gasteiger partial charge in [-0.1, -0.05) is 24.6 Å². The van der Waals surface area contributed by atoms with Gasteiger partial charge in [0.1, 0.15) is 0 Å². The van der Waals surface area contributed by atoms with Crippen LogP contribution in [0.5, 0.6) is 0 Å². The topological polar surface area (TPSA) is 61.2 Å². The van der Waals surface area contributed by atoms with E-state index in [1.807, 2.05) is 0 Å². The molecule has 112 valence electrons. The number of benzene rings is 1. The van der Waals surface area contributed by atoms with Gasteiger partial charge in [-0.3, -0.25) is 0 Å². The number of rotatable bonds is 3. The third-order valence-electron chi connectivity index (χ3n) is 4.78. The Morgan fingerprint density at radius 1 is 1.19 bits per heavy atom. The van der Waals surface area contributed by atoms with Crippen LogP contribution in [0.2, 0.25) is 0 Å². The average molecular weight is 304 g/mol. The molecule has 1 saturated heterocycles. The van der Waals surface area contributed by atoms with Gasteiger partial charge in [0.15, 0.2) is 0 Å². The highest BCUT2D eigenvalue weighted by Gasteiger charge is 2.40. The number of hydrogen-bond donors (Lipinski definition) is 0. The van der Waals surface area contributed by atoms with Crippen LogP contribution in [0, 0.1) is 17.2 Å². The minimum absolute atomic E-state index is 0.0556. The highest BCUT2D eigenvalue weighted by molar-refractivity contribution is 7.88.